The van der Waals surface area contributed by atoms with E-state index in [2.05, 4.69) is 4.98 Å². The van der Waals surface area contributed by atoms with Gasteiger partial charge in [-0.15, -0.1) is 0 Å². The number of ether oxygens (including phenoxy) is 1. The number of hydrogen-bond donors (Lipinski definition) is 1. The van der Waals surface area contributed by atoms with E-state index in [1.165, 1.54) is 4.90 Å². The summed E-state index contributed by atoms with van der Waals surface area (Å²) in [6.45, 7) is 9.06. The minimum absolute atomic E-state index is 0.136. The van der Waals surface area contributed by atoms with Crippen LogP contribution in [0.3, 0.4) is 0 Å². The maximum atomic E-state index is 12.0. The van der Waals surface area contributed by atoms with Crippen LogP contribution in [0.25, 0.3) is 0 Å². The fourth-order valence-corrected chi connectivity index (χ4v) is 2.32. The molecular formula is C12H18N2O4S. The molecule has 0 aliphatic carbocycles. The molecule has 0 saturated heterocycles. The van der Waals surface area contributed by atoms with Gasteiger partial charge < -0.3 is 9.84 Å². The van der Waals surface area contributed by atoms with Gasteiger partial charge in [0.15, 0.2) is 5.13 Å². The van der Waals surface area contributed by atoms with Gasteiger partial charge in [0.25, 0.3) is 0 Å². The van der Waals surface area contributed by atoms with Crippen LogP contribution in [0.15, 0.2) is 0 Å². The lowest BCUT2D eigenvalue weighted by atomic mass is 10.2. The van der Waals surface area contributed by atoms with E-state index < -0.39 is 17.7 Å². The van der Waals surface area contributed by atoms with Gasteiger partial charge in [0.05, 0.1) is 5.69 Å². The van der Waals surface area contributed by atoms with E-state index in [1.54, 1.807) is 34.6 Å². The number of hydrogen-bond acceptors (Lipinski definition) is 5. The van der Waals surface area contributed by atoms with E-state index in [4.69, 9.17) is 9.84 Å². The van der Waals surface area contributed by atoms with Crippen molar-refractivity contribution in [3.63, 3.8) is 0 Å². The molecule has 0 spiro atoms. The first-order valence-electron chi connectivity index (χ1n) is 5.87. The Morgan fingerprint density at radius 2 is 2.00 bits per heavy atom. The molecule has 0 atom stereocenters. The monoisotopic (exact) mass is 286 g/mol. The van der Waals surface area contributed by atoms with Crippen LogP contribution in [0.5, 0.6) is 0 Å². The second-order valence-electron chi connectivity index (χ2n) is 4.94. The Bertz CT molecular complexity index is 490. The second-order valence-corrected chi connectivity index (χ2v) is 5.92. The maximum absolute atomic E-state index is 12.0. The summed E-state index contributed by atoms with van der Waals surface area (Å²) in [6, 6.07) is 0. The van der Waals surface area contributed by atoms with Crippen LogP contribution in [0.4, 0.5) is 9.93 Å². The van der Waals surface area contributed by atoms with Crippen molar-refractivity contribution in [1.82, 2.24) is 4.98 Å². The van der Waals surface area contributed by atoms with E-state index in [9.17, 15) is 9.59 Å². The molecule has 0 bridgehead atoms. The normalized spacial score (nSPS) is 11.2. The molecule has 106 valence electrons. The number of nitrogens with zero attached hydrogens (tertiary/aromatic N) is 2. The molecule has 0 aromatic carbocycles. The van der Waals surface area contributed by atoms with E-state index >= 15 is 0 Å². The van der Waals surface area contributed by atoms with Gasteiger partial charge in [0, 0.05) is 6.54 Å². The van der Waals surface area contributed by atoms with Gasteiger partial charge >= 0.3 is 12.1 Å². The molecule has 1 aromatic heterocycles. The number of anilines is 1. The van der Waals surface area contributed by atoms with Gasteiger partial charge in [-0.3, -0.25) is 4.90 Å². The maximum Gasteiger partial charge on any atom is 0.416 e. The van der Waals surface area contributed by atoms with Gasteiger partial charge in [0.1, 0.15) is 10.5 Å². The van der Waals surface area contributed by atoms with Crippen molar-refractivity contribution in [2.45, 2.75) is 40.2 Å². The lowest BCUT2D eigenvalue weighted by Gasteiger charge is -2.24. The van der Waals surface area contributed by atoms with Crippen molar-refractivity contribution in [1.29, 1.82) is 0 Å². The molecule has 1 amide bonds. The fraction of sp³-hybridized carbons (Fsp3) is 0.583. The zero-order chi connectivity index (χ0) is 14.8. The zero-order valence-electron chi connectivity index (χ0n) is 11.7. The first-order chi connectivity index (χ1) is 8.65. The SMILES string of the molecule is CCN(C(=O)OC(C)(C)C)c1nc(C)c(C(=O)O)s1. The summed E-state index contributed by atoms with van der Waals surface area (Å²) in [5.74, 6) is -1.04. The van der Waals surface area contributed by atoms with Crippen molar-refractivity contribution in [3.8, 4) is 0 Å². The van der Waals surface area contributed by atoms with Crippen molar-refractivity contribution >= 4 is 28.5 Å². The number of aromatic nitrogens is 1. The smallest absolute Gasteiger partial charge is 0.416 e. The Morgan fingerprint density at radius 1 is 1.42 bits per heavy atom. The summed E-state index contributed by atoms with van der Waals surface area (Å²) in [4.78, 5) is 28.6. The van der Waals surface area contributed by atoms with Crippen molar-refractivity contribution in [2.75, 3.05) is 11.4 Å². The molecule has 0 radical (unpaired) electrons. The van der Waals surface area contributed by atoms with Gasteiger partial charge in [-0.1, -0.05) is 11.3 Å². The number of carboxylic acids is 1. The second kappa shape index (κ2) is 5.56. The van der Waals surface area contributed by atoms with E-state index in [-0.39, 0.29) is 4.88 Å². The van der Waals surface area contributed by atoms with Crippen LogP contribution < -0.4 is 4.90 Å². The summed E-state index contributed by atoms with van der Waals surface area (Å²) < 4.78 is 5.26. The largest absolute Gasteiger partial charge is 0.477 e. The Labute approximate surface area is 116 Å². The number of carbonyl (C=O) groups excluding carboxylic acids is 1. The molecule has 0 unspecified atom stereocenters. The van der Waals surface area contributed by atoms with Crippen LogP contribution >= 0.6 is 11.3 Å². The Kier molecular flexibility index (Phi) is 4.52. The van der Waals surface area contributed by atoms with Gasteiger partial charge in [0.2, 0.25) is 0 Å². The molecule has 1 rings (SSSR count). The number of thiazole rings is 1. The molecule has 0 aliphatic heterocycles. The molecular weight excluding hydrogens is 268 g/mol. The highest BCUT2D eigenvalue weighted by Gasteiger charge is 2.26. The first-order valence-corrected chi connectivity index (χ1v) is 6.68. The molecule has 6 nitrogen and oxygen atoms in total. The Hall–Kier alpha value is -1.63. The molecule has 19 heavy (non-hydrogen) atoms. The number of carboxylic acid groups (broad SMARTS) is 1. The Balaban J connectivity index is 3.01. The minimum Gasteiger partial charge on any atom is -0.477 e. The van der Waals surface area contributed by atoms with Gasteiger partial charge in [-0.05, 0) is 34.6 Å². The van der Waals surface area contributed by atoms with Crippen LogP contribution in [0.1, 0.15) is 43.1 Å². The molecule has 0 aliphatic rings. The molecule has 7 heteroatoms. The third-order valence-corrected chi connectivity index (χ3v) is 3.31. The van der Waals surface area contributed by atoms with Crippen molar-refractivity contribution in [3.05, 3.63) is 10.6 Å². The van der Waals surface area contributed by atoms with Crippen molar-refractivity contribution in [2.24, 2.45) is 0 Å². The average molecular weight is 286 g/mol. The molecule has 1 N–H and O–H groups in total. The van der Waals surface area contributed by atoms with E-state index in [1.807, 2.05) is 0 Å². The predicted molar refractivity (Wildman–Crippen MR) is 73.1 cm³/mol. The van der Waals surface area contributed by atoms with Crippen LogP contribution in [0.2, 0.25) is 0 Å². The highest BCUT2D eigenvalue weighted by Crippen LogP contribution is 2.27. The number of amides is 1. The van der Waals surface area contributed by atoms with E-state index in [0.29, 0.717) is 17.4 Å². The van der Waals surface area contributed by atoms with Gasteiger partial charge in [-0.2, -0.15) is 0 Å². The highest BCUT2D eigenvalue weighted by molar-refractivity contribution is 7.17. The van der Waals surface area contributed by atoms with Crippen LogP contribution in [-0.4, -0.2) is 34.3 Å². The summed E-state index contributed by atoms with van der Waals surface area (Å²) in [6.07, 6.45) is -0.527. The van der Waals surface area contributed by atoms with Crippen LogP contribution in [-0.2, 0) is 4.74 Å². The summed E-state index contributed by atoms with van der Waals surface area (Å²) in [5, 5.41) is 9.33. The summed E-state index contributed by atoms with van der Waals surface area (Å²) in [7, 11) is 0. The zero-order valence-corrected chi connectivity index (χ0v) is 12.5. The molecule has 1 aromatic rings. The summed E-state index contributed by atoms with van der Waals surface area (Å²) in [5.41, 5.74) is -0.207. The molecule has 1 heterocycles. The van der Waals surface area contributed by atoms with Crippen molar-refractivity contribution < 1.29 is 19.4 Å². The molecule has 0 saturated carbocycles. The number of aryl methyl sites for hydroxylation is 1. The highest BCUT2D eigenvalue weighted by atomic mass is 32.1. The lowest BCUT2D eigenvalue weighted by molar-refractivity contribution is 0.0581. The quantitative estimate of drug-likeness (QED) is 0.924. The van der Waals surface area contributed by atoms with Gasteiger partial charge in [-0.25, -0.2) is 14.6 Å². The number of aromatic carboxylic acids is 1. The lowest BCUT2D eigenvalue weighted by Crippen LogP contribution is -2.36. The number of rotatable bonds is 3. The minimum atomic E-state index is -1.04. The summed E-state index contributed by atoms with van der Waals surface area (Å²) >= 11 is 0.969. The fourth-order valence-electron chi connectivity index (χ4n) is 1.36. The number of carbonyl (C=O) groups is 2. The third kappa shape index (κ3) is 3.92. The van der Waals surface area contributed by atoms with Crippen LogP contribution in [0, 0.1) is 6.92 Å². The first kappa shape index (κ1) is 15.4. The third-order valence-electron chi connectivity index (χ3n) is 2.14. The molecule has 0 fully saturated rings. The Morgan fingerprint density at radius 3 is 2.37 bits per heavy atom. The average Bonchev–Trinajstić information content (AvgIpc) is 2.58. The predicted octanol–water partition coefficient (Wildman–Crippen LogP) is 2.91. The van der Waals surface area contributed by atoms with E-state index in [0.717, 1.165) is 11.3 Å². The topological polar surface area (TPSA) is 79.7 Å². The standard InChI is InChI=1S/C12H18N2O4S/c1-6-14(11(17)18-12(3,4)5)10-13-7(2)8(19-10)9(15)16/h6H2,1-5H3,(H,15,16).